The van der Waals surface area contributed by atoms with Crippen molar-refractivity contribution in [3.05, 3.63) is 35.9 Å². The maximum absolute atomic E-state index is 10.8. The summed E-state index contributed by atoms with van der Waals surface area (Å²) in [6.45, 7) is 1.81. The largest absolute Gasteiger partial charge is 0.455 e. The maximum atomic E-state index is 10.8. The van der Waals surface area contributed by atoms with Gasteiger partial charge in [-0.3, -0.25) is 4.79 Å². The summed E-state index contributed by atoms with van der Waals surface area (Å²) in [5.74, 6) is 3.53. The van der Waals surface area contributed by atoms with Gasteiger partial charge in [0.2, 0.25) is 0 Å². The highest BCUT2D eigenvalue weighted by Gasteiger charge is 1.97. The van der Waals surface area contributed by atoms with Gasteiger partial charge in [-0.2, -0.15) is 11.8 Å². The summed E-state index contributed by atoms with van der Waals surface area (Å²) in [4.78, 5) is 10.8. The molecule has 0 aliphatic rings. The van der Waals surface area contributed by atoms with Crippen LogP contribution in [0.5, 0.6) is 0 Å². The number of esters is 1. The average molecular weight is 270 g/mol. The summed E-state index contributed by atoms with van der Waals surface area (Å²) in [6, 6.07) is 10.4. The van der Waals surface area contributed by atoms with Crippen molar-refractivity contribution in [3.8, 4) is 0 Å². The van der Waals surface area contributed by atoms with Crippen LogP contribution < -0.4 is 0 Å². The van der Waals surface area contributed by atoms with Gasteiger partial charge in [0.25, 0.3) is 0 Å². The first-order valence-electron chi connectivity index (χ1n) is 5.68. The molecule has 0 spiro atoms. The summed E-state index contributed by atoms with van der Waals surface area (Å²) in [5.41, 5.74) is 1.36. The van der Waals surface area contributed by atoms with Gasteiger partial charge in [0.1, 0.15) is 5.94 Å². The molecule has 4 heteroatoms. The Morgan fingerprint density at radius 1 is 1.18 bits per heavy atom. The first-order valence-corrected chi connectivity index (χ1v) is 7.99. The van der Waals surface area contributed by atoms with E-state index < -0.39 is 0 Å². The molecule has 1 aromatic rings. The Labute approximate surface area is 112 Å². The first-order chi connectivity index (χ1) is 8.33. The zero-order valence-corrected chi connectivity index (χ0v) is 11.7. The van der Waals surface area contributed by atoms with Crippen LogP contribution in [0.2, 0.25) is 0 Å². The lowest BCUT2D eigenvalue weighted by Crippen LogP contribution is -2.02. The van der Waals surface area contributed by atoms with Gasteiger partial charge in [-0.1, -0.05) is 37.3 Å². The van der Waals surface area contributed by atoms with Crippen LogP contribution in [0.15, 0.2) is 30.3 Å². The lowest BCUT2D eigenvalue weighted by molar-refractivity contribution is -0.140. The second-order valence-electron chi connectivity index (χ2n) is 3.43. The van der Waals surface area contributed by atoms with Crippen molar-refractivity contribution in [3.63, 3.8) is 0 Å². The lowest BCUT2D eigenvalue weighted by Gasteiger charge is -2.03. The van der Waals surface area contributed by atoms with Gasteiger partial charge in [0, 0.05) is 23.7 Å². The van der Waals surface area contributed by atoms with Gasteiger partial charge in [-0.15, -0.1) is 11.8 Å². The van der Waals surface area contributed by atoms with Crippen LogP contribution in [0.3, 0.4) is 0 Å². The molecule has 0 aliphatic carbocycles. The van der Waals surface area contributed by atoms with E-state index in [1.165, 1.54) is 5.56 Å². The van der Waals surface area contributed by atoms with Crippen LogP contribution >= 0.6 is 23.5 Å². The zero-order valence-electron chi connectivity index (χ0n) is 10.1. The molecule has 1 rings (SSSR count). The van der Waals surface area contributed by atoms with E-state index in [2.05, 4.69) is 24.3 Å². The molecule has 0 radical (unpaired) electrons. The highest BCUT2D eigenvalue weighted by atomic mass is 32.2. The molecule has 0 saturated heterocycles. The Bertz CT molecular complexity index is 314. The predicted octanol–water partition coefficient (Wildman–Crippen LogP) is 3.56. The number of carbonyl (C=O) groups excluding carboxylic acids is 1. The van der Waals surface area contributed by atoms with Crippen LogP contribution in [-0.4, -0.2) is 23.4 Å². The fourth-order valence-electron chi connectivity index (χ4n) is 1.15. The van der Waals surface area contributed by atoms with Gasteiger partial charge < -0.3 is 4.74 Å². The quantitative estimate of drug-likeness (QED) is 0.410. The maximum Gasteiger partial charge on any atom is 0.306 e. The van der Waals surface area contributed by atoms with Crippen LogP contribution in [0.4, 0.5) is 0 Å². The summed E-state index contributed by atoms with van der Waals surface area (Å²) < 4.78 is 4.97. The number of ether oxygens (including phenoxy) is 1. The Balaban J connectivity index is 1.93. The fourth-order valence-corrected chi connectivity index (χ4v) is 3.00. The van der Waals surface area contributed by atoms with Crippen LogP contribution in [-0.2, 0) is 15.3 Å². The van der Waals surface area contributed by atoms with Crippen LogP contribution in [0.1, 0.15) is 18.9 Å². The molecular weight excluding hydrogens is 252 g/mol. The smallest absolute Gasteiger partial charge is 0.306 e. The molecule has 0 atom stereocenters. The second kappa shape index (κ2) is 9.42. The van der Waals surface area contributed by atoms with E-state index in [4.69, 9.17) is 4.74 Å². The van der Waals surface area contributed by atoms with E-state index in [1.54, 1.807) is 11.8 Å². The van der Waals surface area contributed by atoms with E-state index in [1.807, 2.05) is 24.8 Å². The van der Waals surface area contributed by atoms with E-state index in [0.717, 1.165) is 17.3 Å². The number of carbonyl (C=O) groups is 1. The Morgan fingerprint density at radius 3 is 2.59 bits per heavy atom. The topological polar surface area (TPSA) is 26.3 Å². The zero-order chi connectivity index (χ0) is 12.3. The molecule has 0 heterocycles. The van der Waals surface area contributed by atoms with Crippen molar-refractivity contribution in [1.29, 1.82) is 0 Å². The van der Waals surface area contributed by atoms with Crippen molar-refractivity contribution in [2.24, 2.45) is 0 Å². The van der Waals surface area contributed by atoms with Gasteiger partial charge >= 0.3 is 5.97 Å². The molecule has 0 bridgehead atoms. The number of rotatable bonds is 8. The fraction of sp³-hybridized carbons (Fsp3) is 0.462. The molecule has 0 saturated carbocycles. The predicted molar refractivity (Wildman–Crippen MR) is 76.3 cm³/mol. The molecule has 0 aromatic heterocycles. The summed E-state index contributed by atoms with van der Waals surface area (Å²) in [5, 5.41) is 0. The number of hydrogen-bond donors (Lipinski definition) is 0. The van der Waals surface area contributed by atoms with Gasteiger partial charge in [-0.25, -0.2) is 0 Å². The minimum atomic E-state index is -0.116. The summed E-state index contributed by atoms with van der Waals surface area (Å²) in [6.07, 6.45) is 0.462. The number of hydrogen-bond acceptors (Lipinski definition) is 4. The van der Waals surface area contributed by atoms with Crippen LogP contribution in [0.25, 0.3) is 0 Å². The van der Waals surface area contributed by atoms with Gasteiger partial charge in [0.15, 0.2) is 0 Å². The van der Waals surface area contributed by atoms with Crippen molar-refractivity contribution in [2.75, 3.05) is 17.4 Å². The molecule has 2 nitrogen and oxygen atoms in total. The molecule has 0 aliphatic heterocycles. The minimum absolute atomic E-state index is 0.116. The summed E-state index contributed by atoms with van der Waals surface area (Å²) >= 11 is 3.58. The highest BCUT2D eigenvalue weighted by molar-refractivity contribution is 8.02. The van der Waals surface area contributed by atoms with E-state index >= 15 is 0 Å². The third-order valence-corrected chi connectivity index (χ3v) is 4.14. The van der Waals surface area contributed by atoms with Crippen molar-refractivity contribution in [2.45, 2.75) is 19.1 Å². The molecule has 0 N–H and O–H groups in total. The third-order valence-electron chi connectivity index (χ3n) is 2.08. The second-order valence-corrected chi connectivity index (χ2v) is 5.59. The van der Waals surface area contributed by atoms with Crippen molar-refractivity contribution >= 4 is 29.5 Å². The lowest BCUT2D eigenvalue weighted by atomic mass is 10.2. The molecule has 0 unspecified atom stereocenters. The SMILES string of the molecule is CCC(=O)OCSCCSCc1ccccc1. The molecule has 94 valence electrons. The standard InChI is InChI=1S/C13H18O2S2/c1-2-13(14)15-11-17-9-8-16-10-12-6-4-3-5-7-12/h3-7H,2,8-11H2,1H3. The minimum Gasteiger partial charge on any atom is -0.455 e. The van der Waals surface area contributed by atoms with Gasteiger partial charge in [-0.05, 0) is 5.56 Å². The van der Waals surface area contributed by atoms with Gasteiger partial charge in [0.05, 0.1) is 0 Å². The van der Waals surface area contributed by atoms with Crippen LogP contribution in [0, 0.1) is 0 Å². The van der Waals surface area contributed by atoms with E-state index in [0.29, 0.717) is 12.4 Å². The molecule has 0 fully saturated rings. The molecular formula is C13H18O2S2. The number of benzene rings is 1. The Morgan fingerprint density at radius 2 is 1.88 bits per heavy atom. The summed E-state index contributed by atoms with van der Waals surface area (Å²) in [7, 11) is 0. The third kappa shape index (κ3) is 7.34. The highest BCUT2D eigenvalue weighted by Crippen LogP contribution is 2.13. The molecule has 1 aromatic carbocycles. The van der Waals surface area contributed by atoms with Crippen molar-refractivity contribution in [1.82, 2.24) is 0 Å². The first kappa shape index (κ1) is 14.5. The van der Waals surface area contributed by atoms with Crippen molar-refractivity contribution < 1.29 is 9.53 Å². The monoisotopic (exact) mass is 270 g/mol. The molecule has 17 heavy (non-hydrogen) atoms. The number of thioether (sulfide) groups is 2. The average Bonchev–Trinajstić information content (AvgIpc) is 2.38. The Hall–Kier alpha value is -0.610. The molecule has 0 amide bonds. The normalized spacial score (nSPS) is 10.2. The Kier molecular flexibility index (Phi) is 8.01. The van der Waals surface area contributed by atoms with E-state index in [-0.39, 0.29) is 5.97 Å². The van der Waals surface area contributed by atoms with E-state index in [9.17, 15) is 4.79 Å².